The molecule has 2 heterocycles. The number of nitro groups is 1. The molecule has 0 atom stereocenters. The van der Waals surface area contributed by atoms with Gasteiger partial charge in [-0.2, -0.15) is 13.2 Å². The van der Waals surface area contributed by atoms with Crippen molar-refractivity contribution in [2.45, 2.75) is 19.6 Å². The van der Waals surface area contributed by atoms with Gasteiger partial charge in [0.05, 0.1) is 16.2 Å². The molecule has 0 N–H and O–H groups in total. The van der Waals surface area contributed by atoms with Crippen molar-refractivity contribution in [2.24, 2.45) is 0 Å². The first kappa shape index (κ1) is 18.2. The van der Waals surface area contributed by atoms with Gasteiger partial charge in [0.25, 0.3) is 5.69 Å². The highest BCUT2D eigenvalue weighted by molar-refractivity contribution is 5.59. The Bertz CT molecular complexity index is 798. The molecule has 0 bridgehead atoms. The topological polar surface area (TPSA) is 75.7 Å². The fourth-order valence-electron chi connectivity index (χ4n) is 3.01. The monoisotopic (exact) mass is 370 g/mol. The van der Waals surface area contributed by atoms with E-state index in [4.69, 9.17) is 4.52 Å². The number of benzene rings is 1. The lowest BCUT2D eigenvalue weighted by molar-refractivity contribution is -0.385. The molecule has 3 rings (SSSR count). The minimum Gasteiger partial charge on any atom is -0.368 e. The lowest BCUT2D eigenvalue weighted by atomic mass is 10.1. The Morgan fingerprint density at radius 3 is 2.46 bits per heavy atom. The summed E-state index contributed by atoms with van der Waals surface area (Å²) in [6.07, 6.45) is -4.66. The zero-order chi connectivity index (χ0) is 18.9. The van der Waals surface area contributed by atoms with Crippen LogP contribution in [0.1, 0.15) is 17.0 Å². The number of aromatic nitrogens is 1. The highest BCUT2D eigenvalue weighted by Gasteiger charge is 2.37. The first-order valence-electron chi connectivity index (χ1n) is 7.99. The summed E-state index contributed by atoms with van der Waals surface area (Å²) in [6.45, 7) is 4.25. The third kappa shape index (κ3) is 3.96. The van der Waals surface area contributed by atoms with E-state index in [9.17, 15) is 23.3 Å². The molecule has 1 aliphatic rings. The smallest absolute Gasteiger partial charge is 0.368 e. The van der Waals surface area contributed by atoms with E-state index < -0.39 is 22.4 Å². The van der Waals surface area contributed by atoms with Crippen LogP contribution in [0.5, 0.6) is 0 Å². The molecule has 0 amide bonds. The highest BCUT2D eigenvalue weighted by atomic mass is 19.4. The second kappa shape index (κ2) is 6.94. The van der Waals surface area contributed by atoms with Crippen LogP contribution in [0, 0.1) is 17.0 Å². The van der Waals surface area contributed by atoms with Crippen molar-refractivity contribution in [2.75, 3.05) is 31.1 Å². The van der Waals surface area contributed by atoms with Crippen LogP contribution in [0.2, 0.25) is 0 Å². The number of alkyl halides is 3. The van der Waals surface area contributed by atoms with E-state index in [0.29, 0.717) is 44.6 Å². The summed E-state index contributed by atoms with van der Waals surface area (Å²) in [5, 5.41) is 14.7. The predicted octanol–water partition coefficient (Wildman–Crippen LogP) is 3.23. The molecule has 1 aliphatic heterocycles. The molecular formula is C16H17F3N4O3. The lowest BCUT2D eigenvalue weighted by Crippen LogP contribution is -2.46. The van der Waals surface area contributed by atoms with E-state index in [0.717, 1.165) is 11.8 Å². The first-order valence-corrected chi connectivity index (χ1v) is 7.99. The van der Waals surface area contributed by atoms with Gasteiger partial charge in [0, 0.05) is 56.6 Å². The van der Waals surface area contributed by atoms with E-state index in [1.807, 2.05) is 6.07 Å². The average molecular weight is 370 g/mol. The Hall–Kier alpha value is -2.62. The summed E-state index contributed by atoms with van der Waals surface area (Å²) >= 11 is 0. The largest absolute Gasteiger partial charge is 0.418 e. The maximum absolute atomic E-state index is 13.3. The Balaban J connectivity index is 1.73. The second-order valence-corrected chi connectivity index (χ2v) is 6.15. The average Bonchev–Trinajstić information content (AvgIpc) is 2.99. The fourth-order valence-corrected chi connectivity index (χ4v) is 3.01. The van der Waals surface area contributed by atoms with E-state index in [2.05, 4.69) is 10.1 Å². The van der Waals surface area contributed by atoms with Crippen molar-refractivity contribution < 1.29 is 22.6 Å². The molecule has 140 valence electrons. The van der Waals surface area contributed by atoms with E-state index in [-0.39, 0.29) is 5.69 Å². The molecule has 1 aromatic carbocycles. The lowest BCUT2D eigenvalue weighted by Gasteiger charge is -2.36. The van der Waals surface area contributed by atoms with E-state index in [1.54, 1.807) is 11.8 Å². The molecule has 0 saturated carbocycles. The maximum atomic E-state index is 13.3. The maximum Gasteiger partial charge on any atom is 0.418 e. The Morgan fingerprint density at radius 2 is 1.92 bits per heavy atom. The van der Waals surface area contributed by atoms with Crippen LogP contribution < -0.4 is 4.90 Å². The normalized spacial score (nSPS) is 16.1. The van der Waals surface area contributed by atoms with Crippen LogP contribution in [0.3, 0.4) is 0 Å². The van der Waals surface area contributed by atoms with Gasteiger partial charge in [-0.3, -0.25) is 15.0 Å². The van der Waals surface area contributed by atoms with Gasteiger partial charge in [-0.1, -0.05) is 5.16 Å². The number of nitrogens with zero attached hydrogens (tertiary/aromatic N) is 4. The zero-order valence-electron chi connectivity index (χ0n) is 14.0. The standard InChI is InChI=1S/C16H17F3N4O3/c1-11-8-12(20-26-11)10-21-4-6-22(7-5-21)15-3-2-13(23(24)25)9-14(15)16(17,18)19/h2-3,8-9H,4-7,10H2,1H3. The molecule has 1 fully saturated rings. The van der Waals surface area contributed by atoms with E-state index in [1.165, 1.54) is 6.07 Å². The Morgan fingerprint density at radius 1 is 1.23 bits per heavy atom. The summed E-state index contributed by atoms with van der Waals surface area (Å²) < 4.78 is 45.0. The van der Waals surface area contributed by atoms with Crippen LogP contribution >= 0.6 is 0 Å². The van der Waals surface area contributed by atoms with Gasteiger partial charge in [-0.15, -0.1) is 0 Å². The number of rotatable bonds is 4. The molecular weight excluding hydrogens is 353 g/mol. The summed E-state index contributed by atoms with van der Waals surface area (Å²) in [6, 6.07) is 4.71. The second-order valence-electron chi connectivity index (χ2n) is 6.15. The van der Waals surface area contributed by atoms with Gasteiger partial charge in [0.15, 0.2) is 0 Å². The molecule has 0 unspecified atom stereocenters. The van der Waals surface area contributed by atoms with Gasteiger partial charge in [-0.05, 0) is 13.0 Å². The first-order chi connectivity index (χ1) is 12.2. The molecule has 2 aromatic rings. The van der Waals surface area contributed by atoms with Crippen molar-refractivity contribution in [3.63, 3.8) is 0 Å². The van der Waals surface area contributed by atoms with Gasteiger partial charge in [-0.25, -0.2) is 0 Å². The zero-order valence-corrected chi connectivity index (χ0v) is 14.0. The van der Waals surface area contributed by atoms with Crippen molar-refractivity contribution in [3.8, 4) is 0 Å². The predicted molar refractivity (Wildman–Crippen MR) is 86.8 cm³/mol. The van der Waals surface area contributed by atoms with Crippen LogP contribution in [0.4, 0.5) is 24.5 Å². The third-order valence-corrected chi connectivity index (χ3v) is 4.27. The summed E-state index contributed by atoms with van der Waals surface area (Å²) in [4.78, 5) is 13.7. The summed E-state index contributed by atoms with van der Waals surface area (Å²) in [7, 11) is 0. The quantitative estimate of drug-likeness (QED) is 0.608. The molecule has 1 aromatic heterocycles. The minimum absolute atomic E-state index is 0.0277. The number of aryl methyl sites for hydroxylation is 1. The van der Waals surface area contributed by atoms with Crippen LogP contribution in [-0.4, -0.2) is 41.2 Å². The number of halogens is 3. The summed E-state index contributed by atoms with van der Waals surface area (Å²) in [5.74, 6) is 0.708. The molecule has 10 heteroatoms. The molecule has 1 saturated heterocycles. The van der Waals surface area contributed by atoms with Gasteiger partial charge >= 0.3 is 6.18 Å². The van der Waals surface area contributed by atoms with Gasteiger partial charge < -0.3 is 9.42 Å². The Labute approximate surface area is 147 Å². The number of hydrogen-bond donors (Lipinski definition) is 0. The number of piperazine rings is 1. The highest BCUT2D eigenvalue weighted by Crippen LogP contribution is 2.39. The number of non-ortho nitro benzene ring substituents is 1. The van der Waals surface area contributed by atoms with Gasteiger partial charge in [0.1, 0.15) is 5.76 Å². The van der Waals surface area contributed by atoms with Gasteiger partial charge in [0.2, 0.25) is 0 Å². The van der Waals surface area contributed by atoms with Crippen LogP contribution in [0.15, 0.2) is 28.8 Å². The van der Waals surface area contributed by atoms with Crippen LogP contribution in [-0.2, 0) is 12.7 Å². The molecule has 0 aliphatic carbocycles. The molecule has 7 nitrogen and oxygen atoms in total. The van der Waals surface area contributed by atoms with Crippen molar-refractivity contribution in [1.29, 1.82) is 0 Å². The SMILES string of the molecule is Cc1cc(CN2CCN(c3ccc([N+](=O)[O-])cc3C(F)(F)F)CC2)no1. The molecule has 0 spiro atoms. The number of hydrogen-bond acceptors (Lipinski definition) is 6. The van der Waals surface area contributed by atoms with Crippen molar-refractivity contribution >= 4 is 11.4 Å². The van der Waals surface area contributed by atoms with E-state index >= 15 is 0 Å². The summed E-state index contributed by atoms with van der Waals surface area (Å²) in [5.41, 5.74) is -0.796. The minimum atomic E-state index is -4.66. The van der Waals surface area contributed by atoms with Crippen LogP contribution in [0.25, 0.3) is 0 Å². The number of anilines is 1. The Kier molecular flexibility index (Phi) is 4.86. The number of nitro benzene ring substituents is 1. The van der Waals surface area contributed by atoms with Crippen molar-refractivity contribution in [3.05, 3.63) is 51.4 Å². The fraction of sp³-hybridized carbons (Fsp3) is 0.438. The molecule has 26 heavy (non-hydrogen) atoms. The van der Waals surface area contributed by atoms with Crippen molar-refractivity contribution in [1.82, 2.24) is 10.1 Å². The third-order valence-electron chi connectivity index (χ3n) is 4.27. The molecule has 0 radical (unpaired) electrons.